The molecular formula is C57H39N3O. The molecule has 12 rings (SSSR count). The number of benzene rings is 9. The van der Waals surface area contributed by atoms with Crippen LogP contribution in [0.4, 0.5) is 0 Å². The minimum Gasteiger partial charge on any atom is -0.456 e. The molecule has 1 aliphatic rings. The first kappa shape index (κ1) is 35.2. The van der Waals surface area contributed by atoms with Crippen LogP contribution in [-0.4, -0.2) is 16.1 Å². The molecule has 4 heteroatoms. The topological polar surface area (TPSA) is 42.8 Å². The summed E-state index contributed by atoms with van der Waals surface area (Å²) in [6.07, 6.45) is 3.05. The van der Waals surface area contributed by atoms with Crippen LogP contribution in [0.2, 0.25) is 0 Å². The molecule has 0 saturated heterocycles. The molecule has 1 atom stereocenters. The largest absolute Gasteiger partial charge is 0.456 e. The van der Waals surface area contributed by atoms with Crippen molar-refractivity contribution >= 4 is 82.5 Å². The summed E-state index contributed by atoms with van der Waals surface area (Å²) in [6, 6.07) is 69.2. The van der Waals surface area contributed by atoms with Gasteiger partial charge in [-0.05, 0) is 81.1 Å². The van der Waals surface area contributed by atoms with Crippen molar-refractivity contribution in [1.82, 2.24) is 4.57 Å². The van der Waals surface area contributed by atoms with Crippen LogP contribution in [0.1, 0.15) is 30.0 Å². The highest BCUT2D eigenvalue weighted by atomic mass is 16.3. The van der Waals surface area contributed by atoms with Gasteiger partial charge in [-0.3, -0.25) is 0 Å². The number of aromatic nitrogens is 1. The number of aliphatic imine (C=N–C) groups is 2. The van der Waals surface area contributed by atoms with Crippen molar-refractivity contribution in [2.24, 2.45) is 15.9 Å². The second-order valence-corrected chi connectivity index (χ2v) is 16.2. The molecule has 0 spiro atoms. The van der Waals surface area contributed by atoms with E-state index in [4.69, 9.17) is 14.4 Å². The second kappa shape index (κ2) is 14.2. The molecule has 9 aromatic carbocycles. The molecule has 0 fully saturated rings. The molecular weight excluding hydrogens is 743 g/mol. The summed E-state index contributed by atoms with van der Waals surface area (Å²) in [7, 11) is 0. The summed E-state index contributed by atoms with van der Waals surface area (Å²) >= 11 is 0. The lowest BCUT2D eigenvalue weighted by Gasteiger charge is -2.20. The lowest BCUT2D eigenvalue weighted by molar-refractivity contribution is 0.668. The Hall–Kier alpha value is -7.82. The van der Waals surface area contributed by atoms with E-state index < -0.39 is 0 Å². The molecule has 0 radical (unpaired) electrons. The maximum atomic E-state index is 6.77. The van der Waals surface area contributed by atoms with E-state index in [-0.39, 0.29) is 5.92 Å². The van der Waals surface area contributed by atoms with E-state index in [0.29, 0.717) is 5.84 Å². The maximum Gasteiger partial charge on any atom is 0.160 e. The normalized spacial score (nSPS) is 15.6. The number of nitrogens with zero attached hydrogens (tertiary/aromatic N) is 3. The zero-order valence-electron chi connectivity index (χ0n) is 33.6. The summed E-state index contributed by atoms with van der Waals surface area (Å²) < 4.78 is 9.17. The molecule has 61 heavy (non-hydrogen) atoms. The number of hydrogen-bond acceptors (Lipinski definition) is 3. The zero-order valence-corrected chi connectivity index (χ0v) is 33.6. The van der Waals surface area contributed by atoms with Crippen molar-refractivity contribution < 1.29 is 4.42 Å². The van der Waals surface area contributed by atoms with Gasteiger partial charge in [-0.1, -0.05) is 165 Å². The number of hydrogen-bond donors (Lipinski definition) is 0. The quantitative estimate of drug-likeness (QED) is 0.171. The highest BCUT2D eigenvalue weighted by Gasteiger charge is 2.25. The Balaban J connectivity index is 1.10. The number of fused-ring (bicyclic) bond motifs is 8. The Morgan fingerprint density at radius 1 is 0.475 bits per heavy atom. The van der Waals surface area contributed by atoms with E-state index in [1.54, 1.807) is 0 Å². The smallest absolute Gasteiger partial charge is 0.160 e. The molecule has 0 aliphatic carbocycles. The number of amidine groups is 1. The predicted octanol–water partition coefficient (Wildman–Crippen LogP) is 15.0. The average molecular weight is 782 g/mol. The minimum atomic E-state index is 0.0405. The van der Waals surface area contributed by atoms with Crippen LogP contribution < -0.4 is 0 Å². The fraction of sp³-hybridized carbons (Fsp3) is 0.0526. The summed E-state index contributed by atoms with van der Waals surface area (Å²) in [5.74, 6) is 0.721. The van der Waals surface area contributed by atoms with Crippen LogP contribution in [0.25, 0.3) is 87.8 Å². The van der Waals surface area contributed by atoms with E-state index in [1.165, 1.54) is 38.1 Å². The van der Waals surface area contributed by atoms with Gasteiger partial charge in [0, 0.05) is 44.7 Å². The first-order valence-corrected chi connectivity index (χ1v) is 21.0. The van der Waals surface area contributed by atoms with Gasteiger partial charge >= 0.3 is 0 Å². The van der Waals surface area contributed by atoms with Crippen molar-refractivity contribution in [1.29, 1.82) is 0 Å². The van der Waals surface area contributed by atoms with Crippen LogP contribution >= 0.6 is 0 Å². The highest BCUT2D eigenvalue weighted by Crippen LogP contribution is 2.40. The van der Waals surface area contributed by atoms with Crippen molar-refractivity contribution in [2.75, 3.05) is 0 Å². The van der Waals surface area contributed by atoms with Gasteiger partial charge in [-0.25, -0.2) is 9.98 Å². The summed E-state index contributed by atoms with van der Waals surface area (Å²) in [6.45, 7) is 2.29. The molecule has 0 amide bonds. The van der Waals surface area contributed by atoms with Crippen LogP contribution in [-0.2, 0) is 0 Å². The monoisotopic (exact) mass is 781 g/mol. The summed E-state index contributed by atoms with van der Waals surface area (Å²) in [5, 5.41) is 9.33. The van der Waals surface area contributed by atoms with Gasteiger partial charge in [-0.2, -0.15) is 0 Å². The van der Waals surface area contributed by atoms with Gasteiger partial charge in [0.25, 0.3) is 0 Å². The van der Waals surface area contributed by atoms with Crippen molar-refractivity contribution in [3.05, 3.63) is 217 Å². The fourth-order valence-electron chi connectivity index (χ4n) is 9.34. The third kappa shape index (κ3) is 5.98. The molecule has 1 unspecified atom stereocenters. The van der Waals surface area contributed by atoms with Crippen LogP contribution in [0.15, 0.2) is 215 Å². The summed E-state index contributed by atoms with van der Waals surface area (Å²) in [4.78, 5) is 11.2. The molecule has 1 aliphatic heterocycles. The van der Waals surface area contributed by atoms with Crippen LogP contribution in [0.3, 0.4) is 0 Å². The van der Waals surface area contributed by atoms with Crippen molar-refractivity contribution in [3.63, 3.8) is 0 Å². The number of para-hydroxylation sites is 2. The lowest BCUT2D eigenvalue weighted by Crippen LogP contribution is -2.18. The fourth-order valence-corrected chi connectivity index (χ4v) is 9.34. The molecule has 11 aromatic rings. The van der Waals surface area contributed by atoms with Crippen molar-refractivity contribution in [2.45, 2.75) is 13.3 Å². The molecule has 288 valence electrons. The zero-order chi connectivity index (χ0) is 40.4. The number of rotatable bonds is 5. The first-order chi connectivity index (χ1) is 30.1. The molecule has 2 aromatic heterocycles. The third-order valence-corrected chi connectivity index (χ3v) is 12.4. The number of furan rings is 1. The SMILES string of the molecule is CC1C/C=C(\c2ccc(-c3ccccc3)cc2)N=C(c2ccc3ccccc3c2)N=C1c1cc(-n2c3ccccc3c3cc4ccccc4cc32)cc2oc3ccccc3c12. The van der Waals surface area contributed by atoms with E-state index in [2.05, 4.69) is 206 Å². The van der Waals surface area contributed by atoms with Gasteiger partial charge < -0.3 is 8.98 Å². The molecule has 3 heterocycles. The number of allylic oxidation sites excluding steroid dienone is 1. The second-order valence-electron chi connectivity index (χ2n) is 16.2. The van der Waals surface area contributed by atoms with E-state index in [1.807, 2.05) is 6.07 Å². The maximum absolute atomic E-state index is 6.77. The van der Waals surface area contributed by atoms with E-state index >= 15 is 0 Å². The highest BCUT2D eigenvalue weighted by molar-refractivity contribution is 6.24. The lowest BCUT2D eigenvalue weighted by atomic mass is 9.90. The first-order valence-electron chi connectivity index (χ1n) is 21.0. The Labute approximate surface area is 353 Å². The van der Waals surface area contributed by atoms with Crippen LogP contribution in [0.5, 0.6) is 0 Å². The Morgan fingerprint density at radius 2 is 1.11 bits per heavy atom. The molecule has 4 nitrogen and oxygen atoms in total. The minimum absolute atomic E-state index is 0.0405. The predicted molar refractivity (Wildman–Crippen MR) is 256 cm³/mol. The van der Waals surface area contributed by atoms with Gasteiger partial charge in [0.05, 0.1) is 28.1 Å². The van der Waals surface area contributed by atoms with Gasteiger partial charge in [0.1, 0.15) is 11.2 Å². The Morgan fingerprint density at radius 3 is 1.93 bits per heavy atom. The Bertz CT molecular complexity index is 3620. The molecule has 0 N–H and O–H groups in total. The molecule has 0 bridgehead atoms. The molecule has 0 saturated carbocycles. The van der Waals surface area contributed by atoms with Gasteiger partial charge in [0.15, 0.2) is 5.84 Å². The van der Waals surface area contributed by atoms with E-state index in [0.717, 1.165) is 78.6 Å². The van der Waals surface area contributed by atoms with Gasteiger partial charge in [-0.15, -0.1) is 0 Å². The van der Waals surface area contributed by atoms with Crippen molar-refractivity contribution in [3.8, 4) is 16.8 Å². The third-order valence-electron chi connectivity index (χ3n) is 12.4. The van der Waals surface area contributed by atoms with Crippen LogP contribution in [0, 0.1) is 5.92 Å². The average Bonchev–Trinajstić information content (AvgIpc) is 3.85. The van der Waals surface area contributed by atoms with Gasteiger partial charge in [0.2, 0.25) is 0 Å². The summed E-state index contributed by atoms with van der Waals surface area (Å²) in [5.41, 5.74) is 12.4. The Kier molecular flexibility index (Phi) is 8.17. The van der Waals surface area contributed by atoms with E-state index in [9.17, 15) is 0 Å². The standard InChI is InChI=1S/C57H39N3O/c1-36-23-30-50(40-27-24-39(25-28-40)37-13-3-2-4-14-37)58-57(44-29-26-38-15-5-6-16-41(38)31-44)59-56(36)49-34-45(35-54-55(49)47-20-10-12-22-53(47)61-54)60-51-21-11-9-19-46(51)48-32-42-17-7-8-18-43(42)33-52(48)60/h2-22,24-36H,23H2,1H3/b50-30+,58-57?,59-56?.